The highest BCUT2D eigenvalue weighted by atomic mass is 16.4. The van der Waals surface area contributed by atoms with Gasteiger partial charge in [-0.2, -0.15) is 0 Å². The molecule has 21 heavy (non-hydrogen) atoms. The third kappa shape index (κ3) is 5.43. The second kappa shape index (κ2) is 7.08. The number of hydrogen-bond acceptors (Lipinski definition) is 3. The molecule has 0 aliphatic carbocycles. The molecule has 3 N–H and O–H groups in total. The van der Waals surface area contributed by atoms with Gasteiger partial charge in [0, 0.05) is 18.8 Å². The number of nitrogens with one attached hydrogen (secondary N) is 1. The molecule has 1 rings (SSSR count). The molecule has 1 atom stereocenters. The third-order valence-electron chi connectivity index (χ3n) is 3.03. The van der Waals surface area contributed by atoms with Gasteiger partial charge in [0.2, 0.25) is 0 Å². The van der Waals surface area contributed by atoms with E-state index in [9.17, 15) is 14.7 Å². The second-order valence-electron chi connectivity index (χ2n) is 5.31. The standard InChI is InChI=1S/C15H22N2O4/c1-4-17(12-7-5-6-11(2)8-12)14(20)16-10-15(3,21)9-13(18)19/h5-8,21H,4,9-10H2,1-3H3,(H,16,20)(H,18,19). The van der Waals surface area contributed by atoms with Crippen LogP contribution in [0.4, 0.5) is 10.5 Å². The van der Waals surface area contributed by atoms with Crippen LogP contribution in [0.3, 0.4) is 0 Å². The first kappa shape index (κ1) is 17.0. The molecule has 0 radical (unpaired) electrons. The quantitative estimate of drug-likeness (QED) is 0.745. The molecule has 0 aromatic heterocycles. The maximum Gasteiger partial charge on any atom is 0.321 e. The van der Waals surface area contributed by atoms with Crippen molar-refractivity contribution in [1.29, 1.82) is 0 Å². The van der Waals surface area contributed by atoms with Crippen molar-refractivity contribution in [3.8, 4) is 0 Å². The Morgan fingerprint density at radius 3 is 2.57 bits per heavy atom. The van der Waals surface area contributed by atoms with Gasteiger partial charge in [-0.15, -0.1) is 0 Å². The Bertz CT molecular complexity index is 514. The van der Waals surface area contributed by atoms with E-state index in [0.717, 1.165) is 11.3 Å². The normalized spacial score (nSPS) is 13.3. The topological polar surface area (TPSA) is 89.9 Å². The number of urea groups is 1. The average molecular weight is 294 g/mol. The molecule has 6 heteroatoms. The number of carboxylic acid groups (broad SMARTS) is 1. The predicted octanol–water partition coefficient (Wildman–Crippen LogP) is 1.76. The molecule has 2 amide bonds. The number of carboxylic acids is 1. The van der Waals surface area contributed by atoms with Gasteiger partial charge in [0.05, 0.1) is 12.0 Å². The van der Waals surface area contributed by atoms with Crippen molar-refractivity contribution in [3.63, 3.8) is 0 Å². The van der Waals surface area contributed by atoms with Gasteiger partial charge < -0.3 is 15.5 Å². The molecule has 0 fully saturated rings. The van der Waals surface area contributed by atoms with E-state index in [4.69, 9.17) is 5.11 Å². The average Bonchev–Trinajstić information content (AvgIpc) is 2.36. The fourth-order valence-electron chi connectivity index (χ4n) is 1.99. The van der Waals surface area contributed by atoms with Gasteiger partial charge in [0.25, 0.3) is 0 Å². The van der Waals surface area contributed by atoms with Crippen LogP contribution in [0.5, 0.6) is 0 Å². The van der Waals surface area contributed by atoms with Gasteiger partial charge in [-0.25, -0.2) is 4.79 Å². The summed E-state index contributed by atoms with van der Waals surface area (Å²) >= 11 is 0. The summed E-state index contributed by atoms with van der Waals surface area (Å²) in [7, 11) is 0. The van der Waals surface area contributed by atoms with Crippen LogP contribution >= 0.6 is 0 Å². The molecular formula is C15H22N2O4. The zero-order valence-electron chi connectivity index (χ0n) is 12.6. The summed E-state index contributed by atoms with van der Waals surface area (Å²) in [6.07, 6.45) is -0.427. The number of nitrogens with zero attached hydrogens (tertiary/aromatic N) is 1. The molecule has 0 aliphatic heterocycles. The minimum Gasteiger partial charge on any atom is -0.481 e. The number of anilines is 1. The van der Waals surface area contributed by atoms with Crippen LogP contribution in [0, 0.1) is 6.92 Å². The number of carbonyl (C=O) groups excluding carboxylic acids is 1. The van der Waals surface area contributed by atoms with Crippen molar-refractivity contribution >= 4 is 17.7 Å². The van der Waals surface area contributed by atoms with Gasteiger partial charge in [0.15, 0.2) is 0 Å². The number of aliphatic carboxylic acids is 1. The number of aryl methyl sites for hydroxylation is 1. The maximum absolute atomic E-state index is 12.2. The van der Waals surface area contributed by atoms with Crippen molar-refractivity contribution in [1.82, 2.24) is 5.32 Å². The summed E-state index contributed by atoms with van der Waals surface area (Å²) in [6.45, 7) is 5.51. The van der Waals surface area contributed by atoms with E-state index in [-0.39, 0.29) is 12.6 Å². The zero-order valence-corrected chi connectivity index (χ0v) is 12.6. The lowest BCUT2D eigenvalue weighted by Crippen LogP contribution is -2.47. The summed E-state index contributed by atoms with van der Waals surface area (Å²) in [5.74, 6) is -1.11. The first-order valence-corrected chi connectivity index (χ1v) is 6.81. The summed E-state index contributed by atoms with van der Waals surface area (Å²) < 4.78 is 0. The van der Waals surface area contributed by atoms with Crippen LogP contribution in [0.25, 0.3) is 0 Å². The van der Waals surface area contributed by atoms with Gasteiger partial charge in [-0.05, 0) is 38.5 Å². The minimum atomic E-state index is -1.48. The number of amides is 2. The molecular weight excluding hydrogens is 272 g/mol. The molecule has 1 aromatic rings. The van der Waals surface area contributed by atoms with Gasteiger partial charge in [-0.3, -0.25) is 9.69 Å². The Kier molecular flexibility index (Phi) is 5.72. The number of hydrogen-bond donors (Lipinski definition) is 3. The Morgan fingerprint density at radius 2 is 2.05 bits per heavy atom. The summed E-state index contributed by atoms with van der Waals surface area (Å²) in [6, 6.07) is 7.15. The summed E-state index contributed by atoms with van der Waals surface area (Å²) in [4.78, 5) is 24.3. The van der Waals surface area contributed by atoms with Crippen LogP contribution < -0.4 is 10.2 Å². The van der Waals surface area contributed by atoms with E-state index in [1.54, 1.807) is 0 Å². The van der Waals surface area contributed by atoms with E-state index >= 15 is 0 Å². The van der Waals surface area contributed by atoms with Crippen molar-refractivity contribution in [3.05, 3.63) is 29.8 Å². The Hall–Kier alpha value is -2.08. The smallest absolute Gasteiger partial charge is 0.321 e. The van der Waals surface area contributed by atoms with Crippen LogP contribution in [0.1, 0.15) is 25.8 Å². The molecule has 0 spiro atoms. The van der Waals surface area contributed by atoms with E-state index in [1.165, 1.54) is 11.8 Å². The maximum atomic E-state index is 12.2. The molecule has 0 aliphatic rings. The molecule has 0 saturated carbocycles. The van der Waals surface area contributed by atoms with Crippen molar-refractivity contribution < 1.29 is 19.8 Å². The summed E-state index contributed by atoms with van der Waals surface area (Å²) in [5.41, 5.74) is 0.317. The Labute approximate surface area is 124 Å². The second-order valence-corrected chi connectivity index (χ2v) is 5.31. The fraction of sp³-hybridized carbons (Fsp3) is 0.467. The van der Waals surface area contributed by atoms with E-state index in [0.29, 0.717) is 6.54 Å². The lowest BCUT2D eigenvalue weighted by Gasteiger charge is -2.26. The van der Waals surface area contributed by atoms with Crippen molar-refractivity contribution in [2.24, 2.45) is 0 Å². The molecule has 0 heterocycles. The highest BCUT2D eigenvalue weighted by Gasteiger charge is 2.26. The van der Waals surface area contributed by atoms with E-state index < -0.39 is 18.0 Å². The monoisotopic (exact) mass is 294 g/mol. The minimum absolute atomic E-state index is 0.125. The SMILES string of the molecule is CCN(C(=O)NCC(C)(O)CC(=O)O)c1cccc(C)c1. The van der Waals surface area contributed by atoms with Crippen LogP contribution in [-0.2, 0) is 4.79 Å². The molecule has 1 aromatic carbocycles. The fourth-order valence-corrected chi connectivity index (χ4v) is 1.99. The molecule has 6 nitrogen and oxygen atoms in total. The Morgan fingerprint density at radius 1 is 1.38 bits per heavy atom. The number of benzene rings is 1. The highest BCUT2D eigenvalue weighted by molar-refractivity contribution is 5.92. The van der Waals surface area contributed by atoms with Crippen LogP contribution in [0.2, 0.25) is 0 Å². The van der Waals surface area contributed by atoms with Gasteiger partial charge in [-0.1, -0.05) is 12.1 Å². The first-order chi connectivity index (χ1) is 9.75. The van der Waals surface area contributed by atoms with Crippen LogP contribution in [0.15, 0.2) is 24.3 Å². The van der Waals surface area contributed by atoms with E-state index in [2.05, 4.69) is 5.32 Å². The lowest BCUT2D eigenvalue weighted by molar-refractivity contribution is -0.141. The van der Waals surface area contributed by atoms with Gasteiger partial charge in [0.1, 0.15) is 0 Å². The largest absolute Gasteiger partial charge is 0.481 e. The third-order valence-corrected chi connectivity index (χ3v) is 3.03. The highest BCUT2D eigenvalue weighted by Crippen LogP contribution is 2.16. The van der Waals surface area contributed by atoms with Crippen molar-refractivity contribution in [2.75, 3.05) is 18.0 Å². The number of aliphatic hydroxyl groups is 1. The van der Waals surface area contributed by atoms with Crippen molar-refractivity contribution in [2.45, 2.75) is 32.8 Å². The molecule has 116 valence electrons. The number of rotatable bonds is 6. The molecule has 0 bridgehead atoms. The van der Waals surface area contributed by atoms with Crippen LogP contribution in [-0.4, -0.2) is 40.9 Å². The molecule has 1 unspecified atom stereocenters. The zero-order chi connectivity index (χ0) is 16.0. The predicted molar refractivity (Wildman–Crippen MR) is 80.5 cm³/mol. The lowest BCUT2D eigenvalue weighted by atomic mass is 10.0. The first-order valence-electron chi connectivity index (χ1n) is 6.81. The summed E-state index contributed by atoms with van der Waals surface area (Å²) in [5, 5.41) is 21.2. The van der Waals surface area contributed by atoms with Gasteiger partial charge >= 0.3 is 12.0 Å². The number of carbonyl (C=O) groups is 2. The molecule has 0 saturated heterocycles. The Balaban J connectivity index is 2.70. The van der Waals surface area contributed by atoms with E-state index in [1.807, 2.05) is 38.1 Å².